The van der Waals surface area contributed by atoms with Gasteiger partial charge in [-0.15, -0.1) is 0 Å². The normalized spacial score (nSPS) is 9.67. The van der Waals surface area contributed by atoms with E-state index in [4.69, 9.17) is 0 Å². The van der Waals surface area contributed by atoms with Gasteiger partial charge in [0, 0.05) is 24.3 Å². The van der Waals surface area contributed by atoms with Gasteiger partial charge in [0.2, 0.25) is 0 Å². The van der Waals surface area contributed by atoms with Crippen LogP contribution in [0.5, 0.6) is 0 Å². The highest BCUT2D eigenvalue weighted by molar-refractivity contribution is 8.76. The lowest BCUT2D eigenvalue weighted by atomic mass is 10.4. The van der Waals surface area contributed by atoms with Crippen molar-refractivity contribution in [3.05, 3.63) is 0 Å². The first-order chi connectivity index (χ1) is 5.91. The highest BCUT2D eigenvalue weighted by atomic mass is 33.1. The second-order valence-electron chi connectivity index (χ2n) is 2.14. The van der Waals surface area contributed by atoms with Gasteiger partial charge < -0.3 is 0 Å². The molecule has 0 spiro atoms. The van der Waals surface area contributed by atoms with E-state index in [1.807, 2.05) is 12.6 Å². The number of rotatable bonds is 9. The summed E-state index contributed by atoms with van der Waals surface area (Å²) < 4.78 is 0. The fourth-order valence-corrected chi connectivity index (χ4v) is 2.70. The zero-order valence-electron chi connectivity index (χ0n) is 6.88. The number of hydrogen-bond acceptors (Lipinski definition) is 4. The Balaban J connectivity index is 2.81. The fourth-order valence-electron chi connectivity index (χ4n) is 0.524. The molecule has 0 fully saturated rings. The lowest BCUT2D eigenvalue weighted by Crippen LogP contribution is -1.81. The van der Waals surface area contributed by atoms with Gasteiger partial charge in [0.15, 0.2) is 12.6 Å². The Morgan fingerprint density at radius 1 is 0.833 bits per heavy atom. The first-order valence-electron chi connectivity index (χ1n) is 3.86. The van der Waals surface area contributed by atoms with Crippen molar-refractivity contribution in [2.45, 2.75) is 25.7 Å². The van der Waals surface area contributed by atoms with Gasteiger partial charge in [0.05, 0.1) is 0 Å². The third-order valence-electron chi connectivity index (χ3n) is 1.10. The Morgan fingerprint density at radius 2 is 1.25 bits per heavy atom. The predicted molar refractivity (Wildman–Crippen MR) is 54.8 cm³/mol. The van der Waals surface area contributed by atoms with E-state index in [-0.39, 0.29) is 0 Å². The molecule has 0 saturated heterocycles. The Hall–Kier alpha value is 0.0400. The van der Waals surface area contributed by atoms with Crippen LogP contribution in [0.2, 0.25) is 0 Å². The van der Waals surface area contributed by atoms with Crippen molar-refractivity contribution in [2.24, 2.45) is 0 Å². The molecular weight excluding hydrogens is 192 g/mol. The molecule has 0 heterocycles. The Morgan fingerprint density at radius 3 is 1.58 bits per heavy atom. The largest absolute Gasteiger partial charge is 0.291 e. The zero-order chi connectivity index (χ0) is 9.07. The molecule has 12 heavy (non-hydrogen) atoms. The van der Waals surface area contributed by atoms with E-state index in [1.54, 1.807) is 21.6 Å². The van der Waals surface area contributed by atoms with Gasteiger partial charge in [0.1, 0.15) is 0 Å². The van der Waals surface area contributed by atoms with Crippen molar-refractivity contribution in [1.29, 1.82) is 0 Å². The van der Waals surface area contributed by atoms with E-state index in [0.717, 1.165) is 24.3 Å². The maximum Gasteiger partial charge on any atom is 0.198 e. The molecule has 0 aromatic rings. The fraction of sp³-hybridized carbons (Fsp3) is 0.750. The molecule has 2 radical (unpaired) electrons. The molecule has 0 atom stereocenters. The SMILES string of the molecule is O=[C]CCCSSCCC[C]=O. The third-order valence-corrected chi connectivity index (χ3v) is 3.67. The highest BCUT2D eigenvalue weighted by Gasteiger charge is 1.91. The Labute approximate surface area is 81.3 Å². The van der Waals surface area contributed by atoms with E-state index < -0.39 is 0 Å². The minimum atomic E-state index is 0.537. The predicted octanol–water partition coefficient (Wildman–Crippen LogP) is 2.15. The monoisotopic (exact) mass is 204 g/mol. The van der Waals surface area contributed by atoms with Gasteiger partial charge in [-0.05, 0) is 12.8 Å². The average molecular weight is 204 g/mol. The molecule has 0 bridgehead atoms. The van der Waals surface area contributed by atoms with E-state index in [9.17, 15) is 9.59 Å². The van der Waals surface area contributed by atoms with Crippen LogP contribution in [0.25, 0.3) is 0 Å². The van der Waals surface area contributed by atoms with Crippen LogP contribution in [-0.2, 0) is 9.59 Å². The lowest BCUT2D eigenvalue weighted by molar-refractivity contribution is 0.550. The molecule has 68 valence electrons. The second-order valence-corrected chi connectivity index (χ2v) is 4.84. The summed E-state index contributed by atoms with van der Waals surface area (Å²) in [5.41, 5.74) is 0. The molecule has 0 N–H and O–H groups in total. The molecule has 0 aliphatic carbocycles. The Kier molecular flexibility index (Phi) is 11.1. The van der Waals surface area contributed by atoms with E-state index in [0.29, 0.717) is 12.8 Å². The molecule has 0 aromatic carbocycles. The van der Waals surface area contributed by atoms with E-state index in [2.05, 4.69) is 0 Å². The topological polar surface area (TPSA) is 34.1 Å². The molecule has 0 unspecified atom stereocenters. The van der Waals surface area contributed by atoms with Crippen molar-refractivity contribution >= 4 is 34.2 Å². The third kappa shape index (κ3) is 10.0. The van der Waals surface area contributed by atoms with Crippen molar-refractivity contribution < 1.29 is 9.59 Å². The van der Waals surface area contributed by atoms with Gasteiger partial charge in [-0.25, -0.2) is 0 Å². The summed E-state index contributed by atoms with van der Waals surface area (Å²) >= 11 is 0. The summed E-state index contributed by atoms with van der Waals surface area (Å²) in [7, 11) is 3.50. The standard InChI is InChI=1S/C8H12O2S2/c9-5-1-3-7-11-12-8-4-2-6-10/h1-4,7-8H2. The average Bonchev–Trinajstić information content (AvgIpc) is 2.10. The summed E-state index contributed by atoms with van der Waals surface area (Å²) in [5, 5.41) is 0. The molecule has 0 saturated carbocycles. The molecule has 0 aliphatic heterocycles. The maximum atomic E-state index is 9.79. The van der Waals surface area contributed by atoms with Crippen LogP contribution in [0.3, 0.4) is 0 Å². The van der Waals surface area contributed by atoms with Gasteiger partial charge >= 0.3 is 0 Å². The molecule has 2 nitrogen and oxygen atoms in total. The number of hydrogen-bond donors (Lipinski definition) is 0. The molecule has 0 aromatic heterocycles. The van der Waals surface area contributed by atoms with Gasteiger partial charge in [-0.3, -0.25) is 9.59 Å². The summed E-state index contributed by atoms with van der Waals surface area (Å²) in [6, 6.07) is 0. The summed E-state index contributed by atoms with van der Waals surface area (Å²) in [4.78, 5) is 19.6. The molecule has 4 heteroatoms. The van der Waals surface area contributed by atoms with Crippen LogP contribution in [0.1, 0.15) is 25.7 Å². The second kappa shape index (κ2) is 11.0. The van der Waals surface area contributed by atoms with E-state index in [1.165, 1.54) is 0 Å². The van der Waals surface area contributed by atoms with Crippen LogP contribution in [0, 0.1) is 0 Å². The molecule has 0 rings (SSSR count). The van der Waals surface area contributed by atoms with Crippen molar-refractivity contribution in [2.75, 3.05) is 11.5 Å². The quantitative estimate of drug-likeness (QED) is 0.426. The lowest BCUT2D eigenvalue weighted by Gasteiger charge is -1.96. The minimum Gasteiger partial charge on any atom is -0.291 e. The molecular formula is C8H12O2S2. The van der Waals surface area contributed by atoms with Crippen LogP contribution in [0.15, 0.2) is 0 Å². The van der Waals surface area contributed by atoms with Gasteiger partial charge in [0.25, 0.3) is 0 Å². The summed E-state index contributed by atoms with van der Waals surface area (Å²) in [6.07, 6.45) is 6.59. The minimum absolute atomic E-state index is 0.537. The van der Waals surface area contributed by atoms with Crippen LogP contribution >= 0.6 is 21.6 Å². The summed E-state index contributed by atoms with van der Waals surface area (Å²) in [5.74, 6) is 1.98. The number of unbranched alkanes of at least 4 members (excludes halogenated alkanes) is 2. The first kappa shape index (κ1) is 12.0. The van der Waals surface area contributed by atoms with Crippen LogP contribution < -0.4 is 0 Å². The van der Waals surface area contributed by atoms with Crippen molar-refractivity contribution in [3.63, 3.8) is 0 Å². The van der Waals surface area contributed by atoms with Crippen LogP contribution in [0.4, 0.5) is 0 Å². The van der Waals surface area contributed by atoms with Crippen LogP contribution in [-0.4, -0.2) is 24.1 Å². The first-order valence-corrected chi connectivity index (χ1v) is 6.35. The smallest absolute Gasteiger partial charge is 0.198 e. The number of carbonyl (C=O) groups excluding carboxylic acids is 2. The van der Waals surface area contributed by atoms with Crippen molar-refractivity contribution in [3.8, 4) is 0 Å². The van der Waals surface area contributed by atoms with Gasteiger partial charge in [-0.2, -0.15) is 0 Å². The van der Waals surface area contributed by atoms with Crippen molar-refractivity contribution in [1.82, 2.24) is 0 Å². The van der Waals surface area contributed by atoms with Gasteiger partial charge in [-0.1, -0.05) is 21.6 Å². The van der Waals surface area contributed by atoms with E-state index >= 15 is 0 Å². The highest BCUT2D eigenvalue weighted by Crippen LogP contribution is 2.23. The molecule has 0 amide bonds. The summed E-state index contributed by atoms with van der Waals surface area (Å²) in [6.45, 7) is 0. The Bertz CT molecular complexity index is 104. The molecule has 0 aliphatic rings. The zero-order valence-corrected chi connectivity index (χ0v) is 8.51. The maximum absolute atomic E-state index is 9.79.